The number of hydrogen-bond donors (Lipinski definition) is 1. The Kier molecular flexibility index (Phi) is 3.01. The van der Waals surface area contributed by atoms with Crippen molar-refractivity contribution in [3.05, 3.63) is 35.4 Å². The third-order valence-electron chi connectivity index (χ3n) is 4.05. The van der Waals surface area contributed by atoms with E-state index in [1.165, 1.54) is 23.3 Å². The van der Waals surface area contributed by atoms with Crippen LogP contribution in [0, 0.1) is 0 Å². The topological polar surface area (TPSA) is 57.6 Å². The Morgan fingerprint density at radius 1 is 1.21 bits per heavy atom. The number of Topliss-reactive ketones (excluding diaryl/α,β-unsaturated/α-hetero) is 1. The number of ketones is 1. The molecule has 1 aromatic rings. The van der Waals surface area contributed by atoms with Crippen LogP contribution in [0.1, 0.15) is 48.8 Å². The van der Waals surface area contributed by atoms with Gasteiger partial charge in [-0.3, -0.25) is 4.79 Å². The lowest BCUT2D eigenvalue weighted by atomic mass is 9.90. The number of amides is 1. The van der Waals surface area contributed by atoms with Crippen molar-refractivity contribution in [2.24, 2.45) is 0 Å². The lowest BCUT2D eigenvalue weighted by Gasteiger charge is -2.34. The summed E-state index contributed by atoms with van der Waals surface area (Å²) in [5.41, 5.74) is 2.26. The molecular formula is C15H17NO3. The van der Waals surface area contributed by atoms with Gasteiger partial charge in [0.25, 0.3) is 0 Å². The monoisotopic (exact) mass is 259 g/mol. The zero-order valence-electron chi connectivity index (χ0n) is 10.7. The van der Waals surface area contributed by atoms with Gasteiger partial charge in [-0.15, -0.1) is 0 Å². The van der Waals surface area contributed by atoms with Gasteiger partial charge in [-0.05, 0) is 29.9 Å². The van der Waals surface area contributed by atoms with Crippen LogP contribution in [0.4, 0.5) is 4.79 Å². The second kappa shape index (κ2) is 4.68. The van der Waals surface area contributed by atoms with Gasteiger partial charge in [0, 0.05) is 19.4 Å². The summed E-state index contributed by atoms with van der Waals surface area (Å²) in [6.45, 7) is 0.317. The molecule has 2 fully saturated rings. The van der Waals surface area contributed by atoms with E-state index in [0.29, 0.717) is 25.3 Å². The lowest BCUT2D eigenvalue weighted by Crippen LogP contribution is -2.40. The largest absolute Gasteiger partial charge is 0.465 e. The van der Waals surface area contributed by atoms with Gasteiger partial charge in [-0.1, -0.05) is 24.3 Å². The second-order valence-corrected chi connectivity index (χ2v) is 5.39. The summed E-state index contributed by atoms with van der Waals surface area (Å²) >= 11 is 0. The van der Waals surface area contributed by atoms with Gasteiger partial charge >= 0.3 is 6.09 Å². The Balaban J connectivity index is 1.97. The minimum Gasteiger partial charge on any atom is -0.465 e. The summed E-state index contributed by atoms with van der Waals surface area (Å²) < 4.78 is 0. The molecule has 1 N–H and O–H groups in total. The standard InChI is InChI=1S/C15H17NO3/c17-11-7-8-16(15(18)19)14(9-11)13-4-2-1-3-12(13)10-5-6-10/h1-4,10,14H,5-9H2,(H,18,19). The normalized spacial score (nSPS) is 23.5. The Bertz CT molecular complexity index is 522. The third kappa shape index (κ3) is 2.35. The molecule has 3 rings (SSSR count). The highest BCUT2D eigenvalue weighted by molar-refractivity contribution is 5.82. The molecule has 1 saturated heterocycles. The molecule has 1 aliphatic heterocycles. The molecule has 1 saturated carbocycles. The molecule has 0 aromatic heterocycles. The fraction of sp³-hybridized carbons (Fsp3) is 0.467. The van der Waals surface area contributed by atoms with Gasteiger partial charge in [0.15, 0.2) is 0 Å². The quantitative estimate of drug-likeness (QED) is 0.888. The maximum absolute atomic E-state index is 11.7. The minimum absolute atomic E-state index is 0.160. The first kappa shape index (κ1) is 12.2. The maximum atomic E-state index is 11.7. The predicted molar refractivity (Wildman–Crippen MR) is 70.1 cm³/mol. The molecule has 19 heavy (non-hydrogen) atoms. The summed E-state index contributed by atoms with van der Waals surface area (Å²) in [5, 5.41) is 9.32. The molecule has 0 radical (unpaired) electrons. The van der Waals surface area contributed by atoms with Crippen molar-refractivity contribution in [1.29, 1.82) is 0 Å². The highest BCUT2D eigenvalue weighted by Crippen LogP contribution is 2.44. The van der Waals surface area contributed by atoms with E-state index in [1.54, 1.807) is 0 Å². The molecule has 1 aliphatic carbocycles. The Labute approximate surface area is 112 Å². The number of benzene rings is 1. The van der Waals surface area contributed by atoms with E-state index in [0.717, 1.165) is 5.56 Å². The fourth-order valence-corrected chi connectivity index (χ4v) is 2.92. The van der Waals surface area contributed by atoms with Crippen LogP contribution in [0.5, 0.6) is 0 Å². The Morgan fingerprint density at radius 2 is 1.89 bits per heavy atom. The zero-order chi connectivity index (χ0) is 13.4. The number of piperidine rings is 1. The van der Waals surface area contributed by atoms with Crippen LogP contribution < -0.4 is 0 Å². The first-order chi connectivity index (χ1) is 9.16. The molecule has 4 nitrogen and oxygen atoms in total. The average Bonchev–Trinajstić information content (AvgIpc) is 3.22. The van der Waals surface area contributed by atoms with Crippen molar-refractivity contribution < 1.29 is 14.7 Å². The van der Waals surface area contributed by atoms with E-state index in [-0.39, 0.29) is 11.8 Å². The van der Waals surface area contributed by atoms with E-state index >= 15 is 0 Å². The van der Waals surface area contributed by atoms with Gasteiger partial charge in [0.1, 0.15) is 5.78 Å². The van der Waals surface area contributed by atoms with Gasteiger partial charge < -0.3 is 10.0 Å². The van der Waals surface area contributed by atoms with Crippen LogP contribution in [0.15, 0.2) is 24.3 Å². The molecule has 100 valence electrons. The highest BCUT2D eigenvalue weighted by Gasteiger charge is 2.35. The smallest absolute Gasteiger partial charge is 0.407 e. The van der Waals surface area contributed by atoms with Crippen molar-refractivity contribution in [3.63, 3.8) is 0 Å². The molecule has 0 spiro atoms. The van der Waals surface area contributed by atoms with Crippen LogP contribution in [-0.2, 0) is 4.79 Å². The summed E-state index contributed by atoms with van der Waals surface area (Å²) in [6.07, 6.45) is 2.07. The molecular weight excluding hydrogens is 242 g/mol. The van der Waals surface area contributed by atoms with Crippen molar-refractivity contribution >= 4 is 11.9 Å². The van der Waals surface area contributed by atoms with Gasteiger partial charge in [-0.2, -0.15) is 0 Å². The van der Waals surface area contributed by atoms with Gasteiger partial charge in [0.05, 0.1) is 6.04 Å². The van der Waals surface area contributed by atoms with Crippen LogP contribution in [0.25, 0.3) is 0 Å². The number of hydrogen-bond acceptors (Lipinski definition) is 2. The van der Waals surface area contributed by atoms with E-state index < -0.39 is 6.09 Å². The third-order valence-corrected chi connectivity index (χ3v) is 4.05. The number of carboxylic acid groups (broad SMARTS) is 1. The second-order valence-electron chi connectivity index (χ2n) is 5.39. The fourth-order valence-electron chi connectivity index (χ4n) is 2.92. The maximum Gasteiger partial charge on any atom is 0.407 e. The van der Waals surface area contributed by atoms with Crippen molar-refractivity contribution in [1.82, 2.24) is 4.90 Å². The highest BCUT2D eigenvalue weighted by atomic mass is 16.4. The number of rotatable bonds is 2. The molecule has 4 heteroatoms. The summed E-state index contributed by atoms with van der Waals surface area (Å²) in [4.78, 5) is 24.5. The summed E-state index contributed by atoms with van der Waals surface area (Å²) in [6, 6.07) is 7.68. The summed E-state index contributed by atoms with van der Waals surface area (Å²) in [7, 11) is 0. The Hall–Kier alpha value is -1.84. The molecule has 1 heterocycles. The van der Waals surface area contributed by atoms with E-state index in [4.69, 9.17) is 0 Å². The van der Waals surface area contributed by atoms with Gasteiger partial charge in [-0.25, -0.2) is 4.79 Å². The number of likely N-dealkylation sites (tertiary alicyclic amines) is 1. The van der Waals surface area contributed by atoms with Crippen molar-refractivity contribution in [2.45, 2.75) is 37.6 Å². The predicted octanol–water partition coefficient (Wildman–Crippen LogP) is 2.95. The van der Waals surface area contributed by atoms with Crippen molar-refractivity contribution in [3.8, 4) is 0 Å². The lowest BCUT2D eigenvalue weighted by molar-refractivity contribution is -0.122. The summed E-state index contributed by atoms with van der Waals surface area (Å²) in [5.74, 6) is 0.719. The number of carbonyl (C=O) groups excluding carboxylic acids is 1. The molecule has 1 aromatic carbocycles. The molecule has 2 aliphatic rings. The van der Waals surface area contributed by atoms with E-state index in [1.807, 2.05) is 18.2 Å². The molecule has 0 bridgehead atoms. The molecule has 1 atom stereocenters. The van der Waals surface area contributed by atoms with Gasteiger partial charge in [0.2, 0.25) is 0 Å². The number of nitrogens with zero attached hydrogens (tertiary/aromatic N) is 1. The van der Waals surface area contributed by atoms with Crippen molar-refractivity contribution in [2.75, 3.05) is 6.54 Å². The Morgan fingerprint density at radius 3 is 2.53 bits per heavy atom. The van der Waals surface area contributed by atoms with Crippen LogP contribution >= 0.6 is 0 Å². The van der Waals surface area contributed by atoms with Crippen LogP contribution in [0.3, 0.4) is 0 Å². The first-order valence-electron chi connectivity index (χ1n) is 6.77. The average molecular weight is 259 g/mol. The minimum atomic E-state index is -0.928. The first-order valence-corrected chi connectivity index (χ1v) is 6.77. The molecule has 1 amide bonds. The van der Waals surface area contributed by atoms with Crippen LogP contribution in [0.2, 0.25) is 0 Å². The molecule has 1 unspecified atom stereocenters. The number of carbonyl (C=O) groups is 2. The van der Waals surface area contributed by atoms with E-state index in [9.17, 15) is 14.7 Å². The zero-order valence-corrected chi connectivity index (χ0v) is 10.7. The van der Waals surface area contributed by atoms with Crippen LogP contribution in [-0.4, -0.2) is 28.4 Å². The van der Waals surface area contributed by atoms with E-state index in [2.05, 4.69) is 6.07 Å². The SMILES string of the molecule is O=C1CCN(C(=O)O)C(c2ccccc2C2CC2)C1.